The second kappa shape index (κ2) is 8.69. The molecule has 0 aromatic carbocycles. The zero-order chi connectivity index (χ0) is 18.4. The van der Waals surface area contributed by atoms with Gasteiger partial charge in [0.15, 0.2) is 5.69 Å². The molecule has 25 heavy (non-hydrogen) atoms. The van der Waals surface area contributed by atoms with Crippen molar-refractivity contribution >= 4 is 5.91 Å². The molecular formula is C17H26F3N3O2. The van der Waals surface area contributed by atoms with Gasteiger partial charge >= 0.3 is 6.18 Å². The smallest absolute Gasteiger partial charge is 0.376 e. The van der Waals surface area contributed by atoms with Gasteiger partial charge in [-0.15, -0.1) is 0 Å². The minimum atomic E-state index is -4.49. The summed E-state index contributed by atoms with van der Waals surface area (Å²) in [4.78, 5) is 12.2. The van der Waals surface area contributed by atoms with Crippen LogP contribution in [-0.4, -0.2) is 28.8 Å². The van der Waals surface area contributed by atoms with Gasteiger partial charge in [0.2, 0.25) is 5.91 Å². The molecule has 0 spiro atoms. The minimum Gasteiger partial charge on any atom is -0.376 e. The second-order valence-electron chi connectivity index (χ2n) is 6.36. The van der Waals surface area contributed by atoms with E-state index in [9.17, 15) is 18.0 Å². The number of alkyl halides is 3. The highest BCUT2D eigenvalue weighted by molar-refractivity contribution is 5.78. The lowest BCUT2D eigenvalue weighted by atomic mass is 9.97. The fourth-order valence-electron chi connectivity index (χ4n) is 3.25. The lowest BCUT2D eigenvalue weighted by Gasteiger charge is -2.17. The number of hydrogen-bond acceptors (Lipinski definition) is 3. The molecule has 1 aromatic rings. The van der Waals surface area contributed by atoms with Crippen molar-refractivity contribution in [1.29, 1.82) is 0 Å². The van der Waals surface area contributed by atoms with Crippen LogP contribution in [0.5, 0.6) is 0 Å². The van der Waals surface area contributed by atoms with Gasteiger partial charge in [0, 0.05) is 30.1 Å². The Morgan fingerprint density at radius 1 is 1.32 bits per heavy atom. The van der Waals surface area contributed by atoms with Crippen molar-refractivity contribution in [2.75, 3.05) is 13.2 Å². The van der Waals surface area contributed by atoms with Crippen LogP contribution in [0.25, 0.3) is 0 Å². The Hall–Kier alpha value is -1.57. The third-order valence-corrected chi connectivity index (χ3v) is 4.43. The van der Waals surface area contributed by atoms with E-state index in [1.807, 2.05) is 13.8 Å². The van der Waals surface area contributed by atoms with Gasteiger partial charge in [0.05, 0.1) is 19.8 Å². The maximum Gasteiger partial charge on any atom is 0.435 e. The lowest BCUT2D eigenvalue weighted by molar-refractivity contribution is -0.142. The molecule has 1 aliphatic rings. The van der Waals surface area contributed by atoms with E-state index in [0.717, 1.165) is 25.7 Å². The molecule has 1 aliphatic heterocycles. The summed E-state index contributed by atoms with van der Waals surface area (Å²) >= 11 is 0. The number of fused-ring (bicyclic) bond motifs is 1. The third kappa shape index (κ3) is 4.96. The molecule has 0 saturated carbocycles. The fraction of sp³-hybridized carbons (Fsp3) is 0.765. The van der Waals surface area contributed by atoms with Crippen LogP contribution < -0.4 is 5.32 Å². The van der Waals surface area contributed by atoms with Crippen molar-refractivity contribution in [3.63, 3.8) is 0 Å². The molecule has 0 aliphatic carbocycles. The van der Waals surface area contributed by atoms with E-state index in [1.165, 1.54) is 4.68 Å². The predicted molar refractivity (Wildman–Crippen MR) is 86.9 cm³/mol. The average Bonchev–Trinajstić information content (AvgIpc) is 2.94. The molecule has 1 N–H and O–H groups in total. The zero-order valence-corrected chi connectivity index (χ0v) is 14.8. The van der Waals surface area contributed by atoms with E-state index >= 15 is 0 Å². The van der Waals surface area contributed by atoms with Crippen molar-refractivity contribution in [3.05, 3.63) is 17.0 Å². The number of amides is 1. The quantitative estimate of drug-likeness (QED) is 0.773. The predicted octanol–water partition coefficient (Wildman–Crippen LogP) is 3.31. The van der Waals surface area contributed by atoms with E-state index < -0.39 is 11.9 Å². The summed E-state index contributed by atoms with van der Waals surface area (Å²) in [5, 5.41) is 6.58. The van der Waals surface area contributed by atoms with Crippen LogP contribution in [0.4, 0.5) is 13.2 Å². The molecule has 0 fully saturated rings. The highest BCUT2D eigenvalue weighted by Gasteiger charge is 2.39. The van der Waals surface area contributed by atoms with E-state index in [-0.39, 0.29) is 37.1 Å². The molecule has 2 heterocycles. The standard InChI is InChI=1S/C17H26F3N3O2/c1-3-5-12(6-4-2)16(24)21-8-9-23-14-7-10-25-11-13(14)15(22-23)17(18,19)20/h12H,3-11H2,1-2H3,(H,21,24). The first-order valence-electron chi connectivity index (χ1n) is 8.89. The zero-order valence-electron chi connectivity index (χ0n) is 14.8. The van der Waals surface area contributed by atoms with E-state index in [2.05, 4.69) is 10.4 Å². The highest BCUT2D eigenvalue weighted by Crippen LogP contribution is 2.34. The molecule has 1 amide bonds. The van der Waals surface area contributed by atoms with Crippen LogP contribution in [0.15, 0.2) is 0 Å². The van der Waals surface area contributed by atoms with Gasteiger partial charge in [0.25, 0.3) is 0 Å². The number of hydrogen-bond donors (Lipinski definition) is 1. The molecule has 142 valence electrons. The number of halogens is 3. The summed E-state index contributed by atoms with van der Waals surface area (Å²) in [7, 11) is 0. The number of carbonyl (C=O) groups excluding carboxylic acids is 1. The van der Waals surface area contributed by atoms with Crippen LogP contribution >= 0.6 is 0 Å². The Labute approximate surface area is 145 Å². The Morgan fingerprint density at radius 2 is 2.00 bits per heavy atom. The molecule has 0 bridgehead atoms. The van der Waals surface area contributed by atoms with Crippen molar-refractivity contribution < 1.29 is 22.7 Å². The molecular weight excluding hydrogens is 335 g/mol. The van der Waals surface area contributed by atoms with Gasteiger partial charge in [-0.25, -0.2) is 0 Å². The molecule has 5 nitrogen and oxygen atoms in total. The first-order valence-corrected chi connectivity index (χ1v) is 8.89. The number of carbonyl (C=O) groups is 1. The van der Waals surface area contributed by atoms with Crippen molar-refractivity contribution in [3.8, 4) is 0 Å². The molecule has 1 aromatic heterocycles. The van der Waals surface area contributed by atoms with Crippen LogP contribution in [-0.2, 0) is 35.3 Å². The summed E-state index contributed by atoms with van der Waals surface area (Å²) in [5.41, 5.74) is -0.185. The third-order valence-electron chi connectivity index (χ3n) is 4.43. The summed E-state index contributed by atoms with van der Waals surface area (Å²) < 4.78 is 45.9. The van der Waals surface area contributed by atoms with Gasteiger partial charge in [-0.05, 0) is 12.8 Å². The van der Waals surface area contributed by atoms with E-state index in [4.69, 9.17) is 4.74 Å². The first-order chi connectivity index (χ1) is 11.9. The van der Waals surface area contributed by atoms with Crippen LogP contribution in [0.1, 0.15) is 56.5 Å². The summed E-state index contributed by atoms with van der Waals surface area (Å²) in [5.74, 6) is -0.0511. The van der Waals surface area contributed by atoms with Gasteiger partial charge in [-0.2, -0.15) is 18.3 Å². The molecule has 0 saturated heterocycles. The van der Waals surface area contributed by atoms with Gasteiger partial charge < -0.3 is 10.1 Å². The first kappa shape index (κ1) is 19.8. The van der Waals surface area contributed by atoms with Crippen molar-refractivity contribution in [1.82, 2.24) is 15.1 Å². The lowest BCUT2D eigenvalue weighted by Crippen LogP contribution is -2.33. The van der Waals surface area contributed by atoms with Gasteiger partial charge in [-0.3, -0.25) is 9.48 Å². The Kier molecular flexibility index (Phi) is 6.87. The van der Waals surface area contributed by atoms with Crippen LogP contribution in [0.2, 0.25) is 0 Å². The van der Waals surface area contributed by atoms with Crippen molar-refractivity contribution in [2.45, 2.75) is 65.3 Å². The van der Waals surface area contributed by atoms with E-state index in [1.54, 1.807) is 0 Å². The number of nitrogens with zero attached hydrogens (tertiary/aromatic N) is 2. The average molecular weight is 361 g/mol. The number of nitrogens with one attached hydrogen (secondary N) is 1. The Bertz CT molecular complexity index is 578. The Morgan fingerprint density at radius 3 is 2.60 bits per heavy atom. The van der Waals surface area contributed by atoms with Crippen LogP contribution in [0.3, 0.4) is 0 Å². The summed E-state index contributed by atoms with van der Waals surface area (Å²) in [6.45, 7) is 4.90. The minimum absolute atomic E-state index is 0.0240. The SMILES string of the molecule is CCCC(CCC)C(=O)NCCn1nc(C(F)(F)F)c2c1CCOC2. The fourth-order valence-corrected chi connectivity index (χ4v) is 3.25. The largest absolute Gasteiger partial charge is 0.435 e. The second-order valence-corrected chi connectivity index (χ2v) is 6.36. The van der Waals surface area contributed by atoms with Crippen molar-refractivity contribution in [2.24, 2.45) is 5.92 Å². The summed E-state index contributed by atoms with van der Waals surface area (Å²) in [6, 6.07) is 0. The number of rotatable bonds is 8. The molecule has 0 unspecified atom stereocenters. The normalized spacial score (nSPS) is 14.6. The number of ether oxygens (including phenoxy) is 1. The Balaban J connectivity index is 2.01. The highest BCUT2D eigenvalue weighted by atomic mass is 19.4. The monoisotopic (exact) mass is 361 g/mol. The molecule has 8 heteroatoms. The van der Waals surface area contributed by atoms with E-state index in [0.29, 0.717) is 18.7 Å². The number of aromatic nitrogens is 2. The maximum atomic E-state index is 13.1. The van der Waals surface area contributed by atoms with Gasteiger partial charge in [0.1, 0.15) is 0 Å². The molecule has 2 rings (SSSR count). The molecule has 0 radical (unpaired) electrons. The topological polar surface area (TPSA) is 56.2 Å². The summed E-state index contributed by atoms with van der Waals surface area (Å²) in [6.07, 6.45) is -0.578. The van der Waals surface area contributed by atoms with Gasteiger partial charge in [-0.1, -0.05) is 26.7 Å². The molecule has 0 atom stereocenters. The maximum absolute atomic E-state index is 13.1. The van der Waals surface area contributed by atoms with Crippen LogP contribution in [0, 0.1) is 5.92 Å².